The Hall–Kier alpha value is -0.780. The summed E-state index contributed by atoms with van der Waals surface area (Å²) in [6, 6.07) is 3.18. The quantitative estimate of drug-likeness (QED) is 0.918. The predicted octanol–water partition coefficient (Wildman–Crippen LogP) is 3.78. The first-order chi connectivity index (χ1) is 8.15. The summed E-state index contributed by atoms with van der Waals surface area (Å²) in [6.45, 7) is 3.97. The minimum absolute atomic E-state index is 0. The van der Waals surface area contributed by atoms with E-state index in [1.165, 1.54) is 33.1 Å². The van der Waals surface area contributed by atoms with E-state index in [-0.39, 0.29) is 18.0 Å². The van der Waals surface area contributed by atoms with E-state index in [0.29, 0.717) is 0 Å². The summed E-state index contributed by atoms with van der Waals surface area (Å²) < 4.78 is 47.3. The fraction of sp³-hybridized carbons (Fsp3) is 0.538. The summed E-state index contributed by atoms with van der Waals surface area (Å²) in [4.78, 5) is 0. The van der Waals surface area contributed by atoms with Gasteiger partial charge in [0.2, 0.25) is 0 Å². The molecule has 1 atom stereocenters. The van der Waals surface area contributed by atoms with Gasteiger partial charge in [-0.15, -0.1) is 12.4 Å². The third-order valence-corrected chi connectivity index (χ3v) is 3.12. The Morgan fingerprint density at radius 2 is 1.79 bits per heavy atom. The monoisotopic (exact) mass is 297 g/mol. The summed E-state index contributed by atoms with van der Waals surface area (Å²) in [7, 11) is 1.17. The fourth-order valence-electron chi connectivity index (χ4n) is 1.60. The Balaban J connectivity index is 0.00000324. The number of ether oxygens (including phenoxy) is 1. The van der Waals surface area contributed by atoms with Crippen molar-refractivity contribution in [1.29, 1.82) is 0 Å². The van der Waals surface area contributed by atoms with E-state index in [9.17, 15) is 13.2 Å². The molecule has 1 aromatic rings. The Labute approximate surface area is 117 Å². The average molecular weight is 298 g/mol. The smallest absolute Gasteiger partial charge is 0.303 e. The average Bonchev–Trinajstić information content (AvgIpc) is 2.28. The van der Waals surface area contributed by atoms with Gasteiger partial charge < -0.3 is 10.5 Å². The van der Waals surface area contributed by atoms with Crippen LogP contribution in [-0.4, -0.2) is 12.7 Å². The molecule has 0 amide bonds. The minimum atomic E-state index is -3.45. The van der Waals surface area contributed by atoms with Crippen LogP contribution in [0.2, 0.25) is 0 Å². The summed E-state index contributed by atoms with van der Waals surface area (Å²) in [5.74, 6) is -4.42. The molecule has 1 rings (SSSR count). The standard InChI is InChI=1S/C13H18F3NO.ClH/c1-8(17)9-6-5-7-10(11(9)14)13(15,16)12(2,3)18-4;/h5-8H,17H2,1-4H3;1H. The number of methoxy groups -OCH3 is 1. The van der Waals surface area contributed by atoms with Crippen molar-refractivity contribution in [2.24, 2.45) is 5.73 Å². The maximum absolute atomic E-state index is 14.2. The molecule has 0 fully saturated rings. The molecule has 2 N–H and O–H groups in total. The second kappa shape index (κ2) is 6.11. The van der Waals surface area contributed by atoms with Gasteiger partial charge in [0.05, 0.1) is 5.56 Å². The molecule has 0 spiro atoms. The molecule has 110 valence electrons. The lowest BCUT2D eigenvalue weighted by molar-refractivity contribution is -0.186. The van der Waals surface area contributed by atoms with E-state index >= 15 is 0 Å². The number of rotatable bonds is 4. The van der Waals surface area contributed by atoms with Crippen molar-refractivity contribution < 1.29 is 17.9 Å². The van der Waals surface area contributed by atoms with E-state index in [1.54, 1.807) is 6.92 Å². The van der Waals surface area contributed by atoms with Gasteiger partial charge in [-0.1, -0.05) is 12.1 Å². The number of alkyl halides is 2. The van der Waals surface area contributed by atoms with Crippen molar-refractivity contribution in [3.63, 3.8) is 0 Å². The first kappa shape index (κ1) is 18.2. The number of nitrogens with two attached hydrogens (primary N) is 1. The summed E-state index contributed by atoms with van der Waals surface area (Å²) in [6.07, 6.45) is 0. The molecule has 0 aliphatic rings. The lowest BCUT2D eigenvalue weighted by atomic mass is 9.90. The molecule has 0 aliphatic heterocycles. The highest BCUT2D eigenvalue weighted by molar-refractivity contribution is 5.85. The van der Waals surface area contributed by atoms with Crippen LogP contribution in [0.5, 0.6) is 0 Å². The van der Waals surface area contributed by atoms with Crippen LogP contribution in [0.1, 0.15) is 37.9 Å². The lowest BCUT2D eigenvalue weighted by Gasteiger charge is -2.33. The topological polar surface area (TPSA) is 35.2 Å². The molecule has 0 aromatic heterocycles. The zero-order valence-electron chi connectivity index (χ0n) is 11.3. The van der Waals surface area contributed by atoms with Gasteiger partial charge >= 0.3 is 5.92 Å². The molecular weight excluding hydrogens is 279 g/mol. The Morgan fingerprint density at radius 3 is 2.21 bits per heavy atom. The molecule has 0 saturated heterocycles. The summed E-state index contributed by atoms with van der Waals surface area (Å²) in [5.41, 5.74) is 3.13. The molecule has 0 saturated carbocycles. The predicted molar refractivity (Wildman–Crippen MR) is 71.2 cm³/mol. The molecule has 19 heavy (non-hydrogen) atoms. The fourth-order valence-corrected chi connectivity index (χ4v) is 1.60. The molecule has 1 aromatic carbocycles. The van der Waals surface area contributed by atoms with E-state index in [1.807, 2.05) is 0 Å². The minimum Gasteiger partial charge on any atom is -0.372 e. The Kier molecular flexibility index (Phi) is 5.86. The highest BCUT2D eigenvalue weighted by atomic mass is 35.5. The molecule has 0 bridgehead atoms. The van der Waals surface area contributed by atoms with Gasteiger partial charge in [-0.2, -0.15) is 8.78 Å². The second-order valence-corrected chi connectivity index (χ2v) is 4.79. The molecule has 0 heterocycles. The van der Waals surface area contributed by atoms with Crippen LogP contribution in [-0.2, 0) is 10.7 Å². The van der Waals surface area contributed by atoms with Gasteiger partial charge in [-0.3, -0.25) is 0 Å². The van der Waals surface area contributed by atoms with Crippen LogP contribution in [0.4, 0.5) is 13.2 Å². The van der Waals surface area contributed by atoms with Crippen LogP contribution in [0, 0.1) is 5.82 Å². The number of halogens is 4. The molecule has 0 aliphatic carbocycles. The third-order valence-electron chi connectivity index (χ3n) is 3.12. The molecule has 1 unspecified atom stereocenters. The number of benzene rings is 1. The maximum Gasteiger partial charge on any atom is 0.303 e. The van der Waals surface area contributed by atoms with Crippen LogP contribution >= 0.6 is 12.4 Å². The summed E-state index contributed by atoms with van der Waals surface area (Å²) >= 11 is 0. The molecular formula is C13H19ClF3NO. The van der Waals surface area contributed by atoms with E-state index in [0.717, 1.165) is 6.07 Å². The van der Waals surface area contributed by atoms with E-state index in [2.05, 4.69) is 0 Å². The van der Waals surface area contributed by atoms with Gasteiger partial charge in [-0.05, 0) is 26.8 Å². The van der Waals surface area contributed by atoms with Gasteiger partial charge in [0.15, 0.2) is 0 Å². The van der Waals surface area contributed by atoms with Crippen molar-refractivity contribution in [3.05, 3.63) is 35.1 Å². The van der Waals surface area contributed by atoms with Crippen LogP contribution in [0.3, 0.4) is 0 Å². The van der Waals surface area contributed by atoms with Crippen LogP contribution in [0.15, 0.2) is 18.2 Å². The first-order valence-corrected chi connectivity index (χ1v) is 5.62. The number of hydrogen-bond acceptors (Lipinski definition) is 2. The van der Waals surface area contributed by atoms with E-state index < -0.39 is 28.9 Å². The van der Waals surface area contributed by atoms with Crippen molar-refractivity contribution >= 4 is 12.4 Å². The zero-order chi connectivity index (χ0) is 14.1. The van der Waals surface area contributed by atoms with Crippen molar-refractivity contribution in [2.75, 3.05) is 7.11 Å². The largest absolute Gasteiger partial charge is 0.372 e. The van der Waals surface area contributed by atoms with Gasteiger partial charge in [-0.25, -0.2) is 4.39 Å². The van der Waals surface area contributed by atoms with Crippen molar-refractivity contribution in [1.82, 2.24) is 0 Å². The van der Waals surface area contributed by atoms with E-state index in [4.69, 9.17) is 10.5 Å². The second-order valence-electron chi connectivity index (χ2n) is 4.79. The molecule has 6 heteroatoms. The molecule has 2 nitrogen and oxygen atoms in total. The van der Waals surface area contributed by atoms with Crippen molar-refractivity contribution in [3.8, 4) is 0 Å². The Bertz CT molecular complexity index is 436. The summed E-state index contributed by atoms with van der Waals surface area (Å²) in [5, 5.41) is 0. The normalized spacial score (nSPS) is 13.9. The maximum atomic E-state index is 14.2. The van der Waals surface area contributed by atoms with Gasteiger partial charge in [0.1, 0.15) is 11.4 Å². The third kappa shape index (κ3) is 3.22. The lowest BCUT2D eigenvalue weighted by Crippen LogP contribution is -2.43. The highest BCUT2D eigenvalue weighted by Gasteiger charge is 2.50. The van der Waals surface area contributed by atoms with Crippen molar-refractivity contribution in [2.45, 2.75) is 38.3 Å². The molecule has 0 radical (unpaired) electrons. The zero-order valence-corrected chi connectivity index (χ0v) is 12.2. The van der Waals surface area contributed by atoms with Gasteiger partial charge in [0, 0.05) is 18.7 Å². The first-order valence-electron chi connectivity index (χ1n) is 5.62. The Morgan fingerprint density at radius 1 is 1.26 bits per heavy atom. The van der Waals surface area contributed by atoms with Gasteiger partial charge in [0.25, 0.3) is 0 Å². The van der Waals surface area contributed by atoms with Crippen LogP contribution < -0.4 is 5.73 Å². The highest BCUT2D eigenvalue weighted by Crippen LogP contribution is 2.42. The SMILES string of the molecule is COC(C)(C)C(F)(F)c1cccc(C(C)N)c1F.Cl. The van der Waals surface area contributed by atoms with Crippen LogP contribution in [0.25, 0.3) is 0 Å². The number of hydrogen-bond donors (Lipinski definition) is 1.